The minimum atomic E-state index is 0.242. The second-order valence-corrected chi connectivity index (χ2v) is 6.07. The van der Waals surface area contributed by atoms with Crippen LogP contribution in [-0.4, -0.2) is 19.6 Å². The molecule has 4 rings (SSSR count). The number of hydrogen-bond donors (Lipinski definition) is 0. The fourth-order valence-electron chi connectivity index (χ4n) is 2.38. The van der Waals surface area contributed by atoms with Crippen molar-refractivity contribution < 1.29 is 0 Å². The number of halogens is 2. The van der Waals surface area contributed by atoms with E-state index in [-0.39, 0.29) is 5.28 Å². The molecule has 0 amide bonds. The zero-order valence-corrected chi connectivity index (χ0v) is 13.9. The second kappa shape index (κ2) is 5.30. The van der Waals surface area contributed by atoms with Gasteiger partial charge in [-0.3, -0.25) is 0 Å². The Kier molecular flexibility index (Phi) is 3.26. The van der Waals surface area contributed by atoms with E-state index >= 15 is 0 Å². The monoisotopic (exact) mass is 383 g/mol. The van der Waals surface area contributed by atoms with E-state index in [1.165, 1.54) is 4.52 Å². The molecule has 0 fully saturated rings. The van der Waals surface area contributed by atoms with Gasteiger partial charge in [-0.2, -0.15) is 9.78 Å². The Bertz CT molecular complexity index is 1100. The van der Waals surface area contributed by atoms with Crippen molar-refractivity contribution in [2.45, 2.75) is 0 Å². The summed E-state index contributed by atoms with van der Waals surface area (Å²) in [5.74, 6) is 0.533. The smallest absolute Gasteiger partial charge is 0.217 e. The summed E-state index contributed by atoms with van der Waals surface area (Å²) >= 11 is 9.72. The van der Waals surface area contributed by atoms with Gasteiger partial charge in [-0.1, -0.05) is 6.07 Å². The van der Waals surface area contributed by atoms with Crippen LogP contribution in [0.1, 0.15) is 5.56 Å². The zero-order chi connectivity index (χ0) is 16.0. The van der Waals surface area contributed by atoms with Crippen molar-refractivity contribution in [3.63, 3.8) is 0 Å². The molecule has 0 unspecified atom stereocenters. The highest BCUT2D eigenvalue weighted by atomic mass is 79.9. The maximum atomic E-state index is 8.88. The van der Waals surface area contributed by atoms with Gasteiger partial charge in [0.2, 0.25) is 5.28 Å². The van der Waals surface area contributed by atoms with Crippen molar-refractivity contribution >= 4 is 44.1 Å². The van der Waals surface area contributed by atoms with Gasteiger partial charge in [-0.15, -0.1) is 5.10 Å². The third-order valence-electron chi connectivity index (χ3n) is 3.49. The summed E-state index contributed by atoms with van der Waals surface area (Å²) in [6.45, 7) is 0. The highest BCUT2D eigenvalue weighted by Gasteiger charge is 2.14. The molecular formula is C16H7BrClN5. The first kappa shape index (κ1) is 14.1. The van der Waals surface area contributed by atoms with Crippen LogP contribution in [0.2, 0.25) is 5.28 Å². The molecule has 7 heteroatoms. The summed E-state index contributed by atoms with van der Waals surface area (Å²) in [5, 5.41) is 14.4. The number of aromatic nitrogens is 4. The number of nitriles is 1. The van der Waals surface area contributed by atoms with Crippen LogP contribution in [0.15, 0.2) is 46.9 Å². The minimum Gasteiger partial charge on any atom is -0.217 e. The van der Waals surface area contributed by atoms with Crippen LogP contribution in [0.25, 0.3) is 27.9 Å². The molecule has 0 bridgehead atoms. The van der Waals surface area contributed by atoms with E-state index in [9.17, 15) is 0 Å². The van der Waals surface area contributed by atoms with Crippen LogP contribution in [-0.2, 0) is 0 Å². The maximum absolute atomic E-state index is 8.88. The molecule has 0 saturated heterocycles. The number of rotatable bonds is 1. The highest BCUT2D eigenvalue weighted by molar-refractivity contribution is 9.10. The molecule has 2 heterocycles. The molecule has 23 heavy (non-hydrogen) atoms. The summed E-state index contributed by atoms with van der Waals surface area (Å²) in [6, 6.07) is 14.9. The van der Waals surface area contributed by atoms with Gasteiger partial charge in [0.15, 0.2) is 11.5 Å². The van der Waals surface area contributed by atoms with Gasteiger partial charge in [0.05, 0.1) is 17.1 Å². The average molecular weight is 385 g/mol. The van der Waals surface area contributed by atoms with Crippen LogP contribution >= 0.6 is 27.5 Å². The van der Waals surface area contributed by atoms with Crippen molar-refractivity contribution in [3.8, 4) is 17.5 Å². The molecule has 5 nitrogen and oxygen atoms in total. The lowest BCUT2D eigenvalue weighted by atomic mass is 10.1. The summed E-state index contributed by atoms with van der Waals surface area (Å²) in [4.78, 5) is 8.97. The van der Waals surface area contributed by atoms with Gasteiger partial charge in [-0.05, 0) is 63.9 Å². The van der Waals surface area contributed by atoms with Crippen LogP contribution in [0.5, 0.6) is 0 Å². The molecule has 0 saturated carbocycles. The van der Waals surface area contributed by atoms with Crippen molar-refractivity contribution in [2.75, 3.05) is 0 Å². The quantitative estimate of drug-likeness (QED) is 0.461. The lowest BCUT2D eigenvalue weighted by molar-refractivity contribution is 0.939. The molecular weight excluding hydrogens is 378 g/mol. The molecule has 0 aliphatic heterocycles. The SMILES string of the molecule is N#Cc1ccc(-c2nc3c4cccc(Br)c4nc(Cl)n3n2)cc1. The summed E-state index contributed by atoms with van der Waals surface area (Å²) in [5.41, 5.74) is 2.78. The number of nitrogens with zero attached hydrogens (tertiary/aromatic N) is 5. The van der Waals surface area contributed by atoms with Gasteiger partial charge in [0.25, 0.3) is 0 Å². The maximum Gasteiger partial charge on any atom is 0.226 e. The lowest BCUT2D eigenvalue weighted by Gasteiger charge is -2.02. The number of benzene rings is 2. The van der Waals surface area contributed by atoms with Crippen LogP contribution < -0.4 is 0 Å². The molecule has 0 atom stereocenters. The first-order valence-corrected chi connectivity index (χ1v) is 7.85. The van der Waals surface area contributed by atoms with Crippen LogP contribution in [0.3, 0.4) is 0 Å². The van der Waals surface area contributed by atoms with Crippen molar-refractivity contribution in [3.05, 3.63) is 57.8 Å². The Morgan fingerprint density at radius 1 is 1.09 bits per heavy atom. The third kappa shape index (κ3) is 2.25. The van der Waals surface area contributed by atoms with E-state index in [0.29, 0.717) is 17.0 Å². The summed E-state index contributed by atoms with van der Waals surface area (Å²) in [7, 11) is 0. The second-order valence-electron chi connectivity index (χ2n) is 4.88. The molecule has 0 aliphatic carbocycles. The van der Waals surface area contributed by atoms with Crippen LogP contribution in [0, 0.1) is 11.3 Å². The van der Waals surface area contributed by atoms with E-state index in [0.717, 1.165) is 20.9 Å². The minimum absolute atomic E-state index is 0.242. The van der Waals surface area contributed by atoms with E-state index in [2.05, 4.69) is 37.1 Å². The van der Waals surface area contributed by atoms with Crippen LogP contribution in [0.4, 0.5) is 0 Å². The Hall–Kier alpha value is -2.49. The van der Waals surface area contributed by atoms with E-state index < -0.39 is 0 Å². The molecule has 0 spiro atoms. The zero-order valence-electron chi connectivity index (χ0n) is 11.5. The van der Waals surface area contributed by atoms with Crippen molar-refractivity contribution in [1.29, 1.82) is 5.26 Å². The average Bonchev–Trinajstić information content (AvgIpc) is 3.02. The number of para-hydroxylation sites is 1. The molecule has 0 aliphatic rings. The Morgan fingerprint density at radius 2 is 1.87 bits per heavy atom. The predicted octanol–water partition coefficient (Wildman–Crippen LogP) is 4.23. The fraction of sp³-hybridized carbons (Fsp3) is 0. The van der Waals surface area contributed by atoms with Crippen molar-refractivity contribution in [1.82, 2.24) is 19.6 Å². The van der Waals surface area contributed by atoms with Crippen molar-refractivity contribution in [2.24, 2.45) is 0 Å². The number of hydrogen-bond acceptors (Lipinski definition) is 4. The first-order valence-electron chi connectivity index (χ1n) is 6.68. The van der Waals surface area contributed by atoms with E-state index in [1.54, 1.807) is 12.1 Å². The largest absolute Gasteiger partial charge is 0.226 e. The first-order chi connectivity index (χ1) is 11.2. The normalized spacial score (nSPS) is 11.0. The topological polar surface area (TPSA) is 66.9 Å². The molecule has 2 aromatic heterocycles. The molecule has 4 aromatic rings. The highest BCUT2D eigenvalue weighted by Crippen LogP contribution is 2.28. The lowest BCUT2D eigenvalue weighted by Crippen LogP contribution is -1.95. The standard InChI is InChI=1S/C16H7BrClN5/c17-12-3-1-2-11-13(12)20-16(18)23-15(11)21-14(22-23)10-6-4-9(8-19)5-7-10/h1-7H. The Labute approximate surface area is 144 Å². The molecule has 0 radical (unpaired) electrons. The van der Waals surface area contributed by atoms with Gasteiger partial charge < -0.3 is 0 Å². The Morgan fingerprint density at radius 3 is 2.61 bits per heavy atom. The fourth-order valence-corrected chi connectivity index (χ4v) is 3.04. The molecule has 2 aromatic carbocycles. The van der Waals surface area contributed by atoms with E-state index in [4.69, 9.17) is 16.9 Å². The predicted molar refractivity (Wildman–Crippen MR) is 91.1 cm³/mol. The van der Waals surface area contributed by atoms with Gasteiger partial charge in [-0.25, -0.2) is 9.97 Å². The van der Waals surface area contributed by atoms with Gasteiger partial charge >= 0.3 is 0 Å². The summed E-state index contributed by atoms with van der Waals surface area (Å²) < 4.78 is 2.37. The third-order valence-corrected chi connectivity index (χ3v) is 4.37. The summed E-state index contributed by atoms with van der Waals surface area (Å²) in [6.07, 6.45) is 0. The molecule has 110 valence electrons. The molecule has 0 N–H and O–H groups in total. The van der Waals surface area contributed by atoms with Gasteiger partial charge in [0.1, 0.15) is 0 Å². The Balaban J connectivity index is 2.00. The number of fused-ring (bicyclic) bond motifs is 3. The van der Waals surface area contributed by atoms with Gasteiger partial charge in [0, 0.05) is 15.4 Å². The van der Waals surface area contributed by atoms with E-state index in [1.807, 2.05) is 30.3 Å².